The van der Waals surface area contributed by atoms with Gasteiger partial charge >= 0.3 is 0 Å². The Morgan fingerprint density at radius 1 is 1.37 bits per heavy atom. The van der Waals surface area contributed by atoms with Gasteiger partial charge in [0.15, 0.2) is 0 Å². The predicted octanol–water partition coefficient (Wildman–Crippen LogP) is 1.91. The summed E-state index contributed by atoms with van der Waals surface area (Å²) in [4.78, 5) is 4.64. The van der Waals surface area contributed by atoms with Crippen molar-refractivity contribution >= 4 is 0 Å². The Kier molecular flexibility index (Phi) is 4.97. The van der Waals surface area contributed by atoms with E-state index in [0.29, 0.717) is 6.54 Å². The number of aliphatic hydroxyl groups is 1. The first-order valence-electron chi connectivity index (χ1n) is 7.16. The zero-order valence-electron chi connectivity index (χ0n) is 12.3. The lowest BCUT2D eigenvalue weighted by Gasteiger charge is -2.23. The highest BCUT2D eigenvalue weighted by Gasteiger charge is 2.21. The molecule has 3 heteroatoms. The molecule has 106 valence electrons. The summed E-state index contributed by atoms with van der Waals surface area (Å²) < 4.78 is 0. The molecule has 0 radical (unpaired) electrons. The molecule has 3 nitrogen and oxygen atoms in total. The standard InChI is InChI=1S/C16H26N2O/c1-13-4-6-15(7-5-13)16(19)12-18(3)11-14-8-9-17(2)10-14/h4-7,14,16,19H,8-12H2,1-3H3. The van der Waals surface area contributed by atoms with Crippen LogP contribution in [-0.4, -0.2) is 55.2 Å². The number of likely N-dealkylation sites (N-methyl/N-ethyl adjacent to an activating group) is 1. The zero-order chi connectivity index (χ0) is 13.8. The maximum Gasteiger partial charge on any atom is 0.0916 e. The summed E-state index contributed by atoms with van der Waals surface area (Å²) in [6.07, 6.45) is 0.895. The molecule has 2 atom stereocenters. The van der Waals surface area contributed by atoms with Crippen LogP contribution in [-0.2, 0) is 0 Å². The number of benzene rings is 1. The van der Waals surface area contributed by atoms with Crippen LogP contribution < -0.4 is 0 Å². The van der Waals surface area contributed by atoms with Gasteiger partial charge in [0.2, 0.25) is 0 Å². The molecular weight excluding hydrogens is 236 g/mol. The van der Waals surface area contributed by atoms with Crippen LogP contribution >= 0.6 is 0 Å². The van der Waals surface area contributed by atoms with Crippen molar-refractivity contribution in [3.8, 4) is 0 Å². The van der Waals surface area contributed by atoms with Crippen LogP contribution in [0.15, 0.2) is 24.3 Å². The van der Waals surface area contributed by atoms with Crippen LogP contribution in [0.2, 0.25) is 0 Å². The van der Waals surface area contributed by atoms with Crippen molar-refractivity contribution in [3.63, 3.8) is 0 Å². The minimum Gasteiger partial charge on any atom is -0.387 e. The van der Waals surface area contributed by atoms with Gasteiger partial charge in [0, 0.05) is 19.6 Å². The number of aryl methyl sites for hydroxylation is 1. The molecule has 2 unspecified atom stereocenters. The molecule has 1 aliphatic rings. The van der Waals surface area contributed by atoms with Gasteiger partial charge in [-0.2, -0.15) is 0 Å². The van der Waals surface area contributed by atoms with Crippen LogP contribution in [0.4, 0.5) is 0 Å². The fourth-order valence-corrected chi connectivity index (χ4v) is 2.88. The third-order valence-electron chi connectivity index (χ3n) is 4.01. The average Bonchev–Trinajstić information content (AvgIpc) is 2.75. The van der Waals surface area contributed by atoms with E-state index in [4.69, 9.17) is 0 Å². The SMILES string of the molecule is Cc1ccc(C(O)CN(C)CC2CCN(C)C2)cc1. The lowest BCUT2D eigenvalue weighted by atomic mass is 10.1. The van der Waals surface area contributed by atoms with E-state index in [1.165, 1.54) is 25.1 Å². The summed E-state index contributed by atoms with van der Waals surface area (Å²) in [7, 11) is 4.29. The molecule has 0 aromatic heterocycles. The van der Waals surface area contributed by atoms with Gasteiger partial charge in [-0.3, -0.25) is 0 Å². The molecule has 0 aliphatic carbocycles. The second kappa shape index (κ2) is 6.51. The van der Waals surface area contributed by atoms with Crippen molar-refractivity contribution in [1.29, 1.82) is 0 Å². The number of aliphatic hydroxyl groups excluding tert-OH is 1. The third-order valence-corrected chi connectivity index (χ3v) is 4.01. The average molecular weight is 262 g/mol. The van der Waals surface area contributed by atoms with Gasteiger partial charge in [0.1, 0.15) is 0 Å². The topological polar surface area (TPSA) is 26.7 Å². The van der Waals surface area contributed by atoms with Crippen molar-refractivity contribution in [2.45, 2.75) is 19.4 Å². The van der Waals surface area contributed by atoms with Crippen molar-refractivity contribution < 1.29 is 5.11 Å². The van der Waals surface area contributed by atoms with Gasteiger partial charge in [-0.15, -0.1) is 0 Å². The predicted molar refractivity (Wildman–Crippen MR) is 79.2 cm³/mol. The van der Waals surface area contributed by atoms with Gasteiger partial charge in [0.25, 0.3) is 0 Å². The van der Waals surface area contributed by atoms with Crippen molar-refractivity contribution in [1.82, 2.24) is 9.80 Å². The highest BCUT2D eigenvalue weighted by Crippen LogP contribution is 2.18. The first-order chi connectivity index (χ1) is 9.04. The lowest BCUT2D eigenvalue weighted by molar-refractivity contribution is 0.119. The first-order valence-corrected chi connectivity index (χ1v) is 7.16. The molecule has 1 heterocycles. The van der Waals surface area contributed by atoms with E-state index in [1.54, 1.807) is 0 Å². The number of hydrogen-bond donors (Lipinski definition) is 1. The minimum absolute atomic E-state index is 0.385. The Bertz CT molecular complexity index is 390. The number of likely N-dealkylation sites (tertiary alicyclic amines) is 1. The van der Waals surface area contributed by atoms with Gasteiger partial charge < -0.3 is 14.9 Å². The normalized spacial score (nSPS) is 22.1. The fourth-order valence-electron chi connectivity index (χ4n) is 2.88. The van der Waals surface area contributed by atoms with E-state index in [-0.39, 0.29) is 6.10 Å². The smallest absolute Gasteiger partial charge is 0.0916 e. The second-order valence-electron chi connectivity index (χ2n) is 6.06. The summed E-state index contributed by atoms with van der Waals surface area (Å²) in [5.74, 6) is 0.750. The van der Waals surface area contributed by atoms with Crippen LogP contribution in [0.25, 0.3) is 0 Å². The highest BCUT2D eigenvalue weighted by atomic mass is 16.3. The molecule has 1 aromatic rings. The molecular formula is C16H26N2O. The van der Waals surface area contributed by atoms with Gasteiger partial charge in [-0.25, -0.2) is 0 Å². The van der Waals surface area contributed by atoms with E-state index < -0.39 is 0 Å². The molecule has 1 N–H and O–H groups in total. The quantitative estimate of drug-likeness (QED) is 0.878. The highest BCUT2D eigenvalue weighted by molar-refractivity contribution is 5.23. The van der Waals surface area contributed by atoms with Crippen LogP contribution in [0.1, 0.15) is 23.7 Å². The Morgan fingerprint density at radius 2 is 2.05 bits per heavy atom. The maximum atomic E-state index is 10.3. The Labute approximate surface area is 116 Å². The molecule has 1 aromatic carbocycles. The summed E-state index contributed by atoms with van der Waals surface area (Å²) >= 11 is 0. The monoisotopic (exact) mass is 262 g/mol. The Hall–Kier alpha value is -0.900. The van der Waals surface area contributed by atoms with Crippen LogP contribution in [0, 0.1) is 12.8 Å². The molecule has 0 saturated carbocycles. The third kappa shape index (κ3) is 4.30. The number of nitrogens with zero attached hydrogens (tertiary/aromatic N) is 2. The molecule has 2 rings (SSSR count). The van der Waals surface area contributed by atoms with E-state index in [1.807, 2.05) is 12.1 Å². The first kappa shape index (κ1) is 14.5. The van der Waals surface area contributed by atoms with Crippen molar-refractivity contribution in [2.75, 3.05) is 40.3 Å². The summed E-state index contributed by atoms with van der Waals surface area (Å²) in [6.45, 7) is 6.25. The van der Waals surface area contributed by atoms with Gasteiger partial charge in [-0.1, -0.05) is 29.8 Å². The molecule has 1 saturated heterocycles. The van der Waals surface area contributed by atoms with Crippen LogP contribution in [0.3, 0.4) is 0 Å². The summed E-state index contributed by atoms with van der Waals surface area (Å²) in [5, 5.41) is 10.3. The summed E-state index contributed by atoms with van der Waals surface area (Å²) in [5.41, 5.74) is 2.25. The number of hydrogen-bond acceptors (Lipinski definition) is 3. The van der Waals surface area contributed by atoms with Gasteiger partial charge in [-0.05, 0) is 45.5 Å². The van der Waals surface area contributed by atoms with E-state index in [2.05, 4.69) is 43.0 Å². The summed E-state index contributed by atoms with van der Waals surface area (Å²) in [6, 6.07) is 8.17. The second-order valence-corrected chi connectivity index (χ2v) is 6.06. The molecule has 0 amide bonds. The van der Waals surface area contributed by atoms with Crippen molar-refractivity contribution in [3.05, 3.63) is 35.4 Å². The largest absolute Gasteiger partial charge is 0.387 e. The molecule has 0 bridgehead atoms. The maximum absolute atomic E-state index is 10.3. The van der Waals surface area contributed by atoms with E-state index in [0.717, 1.165) is 18.0 Å². The lowest BCUT2D eigenvalue weighted by Crippen LogP contribution is -2.31. The number of rotatable bonds is 5. The molecule has 0 spiro atoms. The molecule has 1 fully saturated rings. The Morgan fingerprint density at radius 3 is 2.63 bits per heavy atom. The fraction of sp³-hybridized carbons (Fsp3) is 0.625. The van der Waals surface area contributed by atoms with Gasteiger partial charge in [0.05, 0.1) is 6.10 Å². The van der Waals surface area contributed by atoms with Crippen LogP contribution in [0.5, 0.6) is 0 Å². The molecule has 19 heavy (non-hydrogen) atoms. The Balaban J connectivity index is 1.81. The molecule has 1 aliphatic heterocycles. The minimum atomic E-state index is -0.385. The van der Waals surface area contributed by atoms with E-state index in [9.17, 15) is 5.11 Å². The zero-order valence-corrected chi connectivity index (χ0v) is 12.3. The van der Waals surface area contributed by atoms with Crippen molar-refractivity contribution in [2.24, 2.45) is 5.92 Å². The van der Waals surface area contributed by atoms with E-state index >= 15 is 0 Å².